The summed E-state index contributed by atoms with van der Waals surface area (Å²) in [7, 11) is 1.82. The van der Waals surface area contributed by atoms with Crippen molar-refractivity contribution in [2.75, 3.05) is 0 Å². The summed E-state index contributed by atoms with van der Waals surface area (Å²) in [4.78, 5) is 24.1. The molecule has 0 radical (unpaired) electrons. The van der Waals surface area contributed by atoms with Crippen molar-refractivity contribution < 1.29 is 4.79 Å². The number of fused-ring (bicyclic) bond motifs is 1. The number of hydrogen-bond acceptors (Lipinski definition) is 3. The van der Waals surface area contributed by atoms with E-state index in [4.69, 9.17) is 17.3 Å². The molecule has 136 valence electrons. The Morgan fingerprint density at radius 2 is 2.04 bits per heavy atom. The van der Waals surface area contributed by atoms with Crippen molar-refractivity contribution in [1.82, 2.24) is 19.5 Å². The average Bonchev–Trinajstić information content (AvgIpc) is 3.25. The molecule has 1 aromatic carbocycles. The third-order valence-corrected chi connectivity index (χ3v) is 5.04. The van der Waals surface area contributed by atoms with Crippen molar-refractivity contribution in [3.8, 4) is 22.5 Å². The molecule has 7 heteroatoms. The molecule has 0 aliphatic heterocycles. The van der Waals surface area contributed by atoms with Crippen LogP contribution in [0.25, 0.3) is 33.5 Å². The molecule has 1 amide bonds. The second-order valence-corrected chi connectivity index (χ2v) is 6.77. The Morgan fingerprint density at radius 1 is 1.22 bits per heavy atom. The van der Waals surface area contributed by atoms with E-state index in [0.29, 0.717) is 10.7 Å². The minimum atomic E-state index is -0.500. The number of H-pyrrole nitrogens is 1. The molecule has 3 aromatic heterocycles. The molecule has 0 aliphatic carbocycles. The van der Waals surface area contributed by atoms with Crippen LogP contribution in [0.3, 0.4) is 0 Å². The van der Waals surface area contributed by atoms with Crippen molar-refractivity contribution in [2.45, 2.75) is 13.3 Å². The number of halogens is 1. The highest BCUT2D eigenvalue weighted by Gasteiger charge is 2.22. The van der Waals surface area contributed by atoms with Gasteiger partial charge in [-0.15, -0.1) is 0 Å². The molecule has 0 bridgehead atoms. The van der Waals surface area contributed by atoms with Gasteiger partial charge in [-0.2, -0.15) is 0 Å². The van der Waals surface area contributed by atoms with Gasteiger partial charge in [0, 0.05) is 29.2 Å². The monoisotopic (exact) mass is 379 g/mol. The van der Waals surface area contributed by atoms with Crippen LogP contribution in [0.1, 0.15) is 23.0 Å². The zero-order valence-corrected chi connectivity index (χ0v) is 15.7. The van der Waals surface area contributed by atoms with E-state index in [1.807, 2.05) is 43.6 Å². The minimum absolute atomic E-state index is 0.421. The summed E-state index contributed by atoms with van der Waals surface area (Å²) in [5.74, 6) is -0.500. The van der Waals surface area contributed by atoms with Gasteiger partial charge < -0.3 is 15.3 Å². The molecule has 0 aliphatic rings. The number of nitrogens with zero attached hydrogens (tertiary/aromatic N) is 3. The molecule has 0 unspecified atom stereocenters. The molecular weight excluding hydrogens is 362 g/mol. The van der Waals surface area contributed by atoms with Crippen LogP contribution in [0.5, 0.6) is 0 Å². The Hall–Kier alpha value is -3.12. The van der Waals surface area contributed by atoms with Gasteiger partial charge in [0.2, 0.25) is 0 Å². The first-order valence-corrected chi connectivity index (χ1v) is 8.95. The van der Waals surface area contributed by atoms with Gasteiger partial charge in [0.05, 0.1) is 11.4 Å². The third-order valence-electron chi connectivity index (χ3n) is 4.81. The zero-order valence-electron chi connectivity index (χ0n) is 15.0. The van der Waals surface area contributed by atoms with Crippen LogP contribution in [0.2, 0.25) is 5.02 Å². The summed E-state index contributed by atoms with van der Waals surface area (Å²) in [6, 6.07) is 9.56. The number of hydrogen-bond donors (Lipinski definition) is 2. The number of carbonyl (C=O) groups is 1. The second-order valence-electron chi connectivity index (χ2n) is 6.33. The highest BCUT2D eigenvalue weighted by Crippen LogP contribution is 2.36. The fraction of sp³-hybridized carbons (Fsp3) is 0.150. The van der Waals surface area contributed by atoms with Gasteiger partial charge >= 0.3 is 0 Å². The lowest BCUT2D eigenvalue weighted by Crippen LogP contribution is -2.17. The highest BCUT2D eigenvalue weighted by atomic mass is 35.5. The maximum absolute atomic E-state index is 12.3. The maximum atomic E-state index is 12.3. The summed E-state index contributed by atoms with van der Waals surface area (Å²) in [5.41, 5.74) is 11.2. The Labute approximate surface area is 161 Å². The molecule has 0 saturated carbocycles. The van der Waals surface area contributed by atoms with Gasteiger partial charge in [-0.3, -0.25) is 4.79 Å². The van der Waals surface area contributed by atoms with E-state index >= 15 is 0 Å². The highest BCUT2D eigenvalue weighted by molar-refractivity contribution is 6.31. The topological polar surface area (TPSA) is 89.6 Å². The predicted octanol–water partition coefficient (Wildman–Crippen LogP) is 3.95. The Bertz CT molecular complexity index is 1170. The quantitative estimate of drug-likeness (QED) is 0.562. The standard InChI is InChI=1S/C20H18ClN5O/c1-3-11-4-5-12(21)8-14(11)15-9-16(26(2)18(15)19(22)27)17-13-6-7-23-20(13)25-10-24-17/h4-10H,3H2,1-2H3,(H2,22,27)(H,23,24,25). The van der Waals surface area contributed by atoms with E-state index in [0.717, 1.165) is 45.5 Å². The molecule has 27 heavy (non-hydrogen) atoms. The summed E-state index contributed by atoms with van der Waals surface area (Å²) in [5, 5.41) is 1.49. The van der Waals surface area contributed by atoms with Crippen molar-refractivity contribution >= 4 is 28.5 Å². The Morgan fingerprint density at radius 3 is 2.78 bits per heavy atom. The van der Waals surface area contributed by atoms with Gasteiger partial charge in [-0.1, -0.05) is 24.6 Å². The first-order valence-electron chi connectivity index (χ1n) is 8.58. The van der Waals surface area contributed by atoms with Gasteiger partial charge in [-0.05, 0) is 41.8 Å². The number of aromatic amines is 1. The number of aryl methyl sites for hydroxylation is 1. The largest absolute Gasteiger partial charge is 0.364 e. The molecule has 0 atom stereocenters. The summed E-state index contributed by atoms with van der Waals surface area (Å²) in [6.07, 6.45) is 4.12. The molecule has 0 fully saturated rings. The molecule has 0 saturated heterocycles. The van der Waals surface area contributed by atoms with Crippen molar-refractivity contribution in [2.24, 2.45) is 12.8 Å². The average molecular weight is 380 g/mol. The van der Waals surface area contributed by atoms with Gasteiger partial charge in [0.25, 0.3) is 5.91 Å². The van der Waals surface area contributed by atoms with Crippen LogP contribution in [-0.2, 0) is 13.5 Å². The first kappa shape index (κ1) is 17.3. The molecule has 3 heterocycles. The van der Waals surface area contributed by atoms with Crippen LogP contribution in [0.4, 0.5) is 0 Å². The molecule has 4 aromatic rings. The fourth-order valence-electron chi connectivity index (χ4n) is 3.52. The van der Waals surface area contributed by atoms with Crippen LogP contribution >= 0.6 is 11.6 Å². The number of benzene rings is 1. The van der Waals surface area contributed by atoms with E-state index in [2.05, 4.69) is 21.9 Å². The lowest BCUT2D eigenvalue weighted by molar-refractivity contribution is 0.0993. The van der Waals surface area contributed by atoms with Gasteiger partial charge in [-0.25, -0.2) is 9.97 Å². The normalized spacial score (nSPS) is 11.2. The lowest BCUT2D eigenvalue weighted by Gasteiger charge is -2.10. The van der Waals surface area contributed by atoms with Crippen LogP contribution in [0, 0.1) is 0 Å². The number of nitrogens with two attached hydrogens (primary N) is 1. The number of carbonyl (C=O) groups excluding carboxylic acids is 1. The van der Waals surface area contributed by atoms with E-state index in [-0.39, 0.29) is 0 Å². The number of primary amides is 1. The van der Waals surface area contributed by atoms with Crippen LogP contribution in [0.15, 0.2) is 42.9 Å². The van der Waals surface area contributed by atoms with E-state index in [1.165, 1.54) is 6.33 Å². The second kappa shape index (κ2) is 6.55. The SMILES string of the molecule is CCc1ccc(Cl)cc1-c1cc(-c2ncnc3[nH]ccc23)n(C)c1C(N)=O. The predicted molar refractivity (Wildman–Crippen MR) is 107 cm³/mol. The third kappa shape index (κ3) is 2.78. The van der Waals surface area contributed by atoms with E-state index in [9.17, 15) is 4.79 Å². The smallest absolute Gasteiger partial charge is 0.265 e. The number of amides is 1. The fourth-order valence-corrected chi connectivity index (χ4v) is 3.69. The van der Waals surface area contributed by atoms with E-state index in [1.54, 1.807) is 4.57 Å². The summed E-state index contributed by atoms with van der Waals surface area (Å²) >= 11 is 6.23. The van der Waals surface area contributed by atoms with Crippen molar-refractivity contribution in [3.05, 3.63) is 59.1 Å². The molecule has 3 N–H and O–H groups in total. The van der Waals surface area contributed by atoms with Crippen LogP contribution in [-0.4, -0.2) is 25.4 Å². The number of rotatable bonds is 4. The lowest BCUT2D eigenvalue weighted by atomic mass is 9.97. The maximum Gasteiger partial charge on any atom is 0.265 e. The van der Waals surface area contributed by atoms with Gasteiger partial charge in [0.1, 0.15) is 17.7 Å². The van der Waals surface area contributed by atoms with E-state index < -0.39 is 5.91 Å². The van der Waals surface area contributed by atoms with Crippen LogP contribution < -0.4 is 5.73 Å². The zero-order chi connectivity index (χ0) is 19.1. The molecule has 6 nitrogen and oxygen atoms in total. The van der Waals surface area contributed by atoms with Crippen molar-refractivity contribution in [1.29, 1.82) is 0 Å². The minimum Gasteiger partial charge on any atom is -0.364 e. The molecule has 0 spiro atoms. The molecule has 4 rings (SSSR count). The van der Waals surface area contributed by atoms with Gasteiger partial charge in [0.15, 0.2) is 0 Å². The molecular formula is C20H18ClN5O. The first-order chi connectivity index (χ1) is 13.0. The van der Waals surface area contributed by atoms with Crippen molar-refractivity contribution in [3.63, 3.8) is 0 Å². The number of nitrogens with one attached hydrogen (secondary N) is 1. The summed E-state index contributed by atoms with van der Waals surface area (Å²) in [6.45, 7) is 2.06. The Kier molecular flexibility index (Phi) is 4.20. The Balaban J connectivity index is 2.03. The number of aromatic nitrogens is 4. The summed E-state index contributed by atoms with van der Waals surface area (Å²) < 4.78 is 1.78.